The molecule has 1 aromatic heterocycles. The van der Waals surface area contributed by atoms with Crippen LogP contribution in [0.15, 0.2) is 24.4 Å². The minimum absolute atomic E-state index is 0.276. The molecule has 2 aliphatic rings. The maximum atomic E-state index is 12.2. The highest BCUT2D eigenvalue weighted by Gasteiger charge is 2.85. The van der Waals surface area contributed by atoms with Gasteiger partial charge in [0.2, 0.25) is 0 Å². The summed E-state index contributed by atoms with van der Waals surface area (Å²) in [5.41, 5.74) is -0.918. The molecule has 0 saturated carbocycles. The van der Waals surface area contributed by atoms with Gasteiger partial charge in [0.05, 0.1) is 0 Å². The van der Waals surface area contributed by atoms with Crippen molar-refractivity contribution in [3.63, 3.8) is 0 Å². The summed E-state index contributed by atoms with van der Waals surface area (Å²) in [6.45, 7) is 5.66. The van der Waals surface area contributed by atoms with E-state index >= 15 is 0 Å². The second kappa shape index (κ2) is 6.53. The van der Waals surface area contributed by atoms with Crippen LogP contribution in [-0.4, -0.2) is 30.1 Å². The maximum Gasteiger partial charge on any atom is 0.391 e. The largest absolute Gasteiger partial charge is 0.507 e. The Hall–Kier alpha value is -1.32. The number of hydrogen-bond donors (Lipinski definition) is 0. The average molecular weight is 353 g/mol. The Labute approximate surface area is 142 Å². The fraction of sp³-hybridized carbons (Fsp3) is 0.625. The van der Waals surface area contributed by atoms with E-state index in [1.807, 2.05) is 32.0 Å². The monoisotopic (exact) mass is 353 g/mol. The zero-order chi connectivity index (χ0) is 17.3. The third kappa shape index (κ3) is 2.78. The molecule has 0 bridgehead atoms. The third-order valence-corrected chi connectivity index (χ3v) is 9.80. The van der Waals surface area contributed by atoms with E-state index in [4.69, 9.17) is 24.0 Å². The molecule has 2 fully saturated rings. The Bertz CT molecular complexity index is 567. The molecule has 0 aliphatic carbocycles. The molecule has 0 amide bonds. The van der Waals surface area contributed by atoms with Gasteiger partial charge in [0, 0.05) is 31.2 Å². The van der Waals surface area contributed by atoms with E-state index in [-0.39, 0.29) is 12.4 Å². The van der Waals surface area contributed by atoms with E-state index in [0.29, 0.717) is 25.3 Å². The van der Waals surface area contributed by atoms with Crippen LogP contribution >= 0.6 is 0 Å². The van der Waals surface area contributed by atoms with Gasteiger partial charge in [-0.15, -0.1) is 0 Å². The van der Waals surface area contributed by atoms with Crippen molar-refractivity contribution in [3.05, 3.63) is 30.1 Å². The summed E-state index contributed by atoms with van der Waals surface area (Å²) < 4.78 is 6.02. The molecule has 0 radical (unpaired) electrons. The molecule has 0 atom stereocenters. The SMILES string of the molecule is CCC(=O)O[Si](CCc1ccccn1)(C1(CC)OO1)C1(CC)OO1. The maximum absolute atomic E-state index is 12.2. The van der Waals surface area contributed by atoms with Crippen molar-refractivity contribution in [1.82, 2.24) is 4.98 Å². The van der Waals surface area contributed by atoms with Crippen LogP contribution in [0.1, 0.15) is 45.7 Å². The number of carbonyl (C=O) groups is 1. The molecule has 24 heavy (non-hydrogen) atoms. The van der Waals surface area contributed by atoms with Crippen LogP contribution in [0.4, 0.5) is 0 Å². The first-order valence-electron chi connectivity index (χ1n) is 8.42. The third-order valence-electron chi connectivity index (χ3n) is 4.77. The van der Waals surface area contributed by atoms with Gasteiger partial charge in [0.15, 0.2) is 0 Å². The lowest BCUT2D eigenvalue weighted by atomic mass is 10.3. The number of hydrogen-bond acceptors (Lipinski definition) is 7. The van der Waals surface area contributed by atoms with E-state index in [1.165, 1.54) is 0 Å². The van der Waals surface area contributed by atoms with Gasteiger partial charge in [0.25, 0.3) is 16.8 Å². The summed E-state index contributed by atoms with van der Waals surface area (Å²) >= 11 is 0. The predicted octanol–water partition coefficient (Wildman–Crippen LogP) is 2.74. The normalized spacial score (nSPS) is 20.5. The number of nitrogens with zero attached hydrogens (tertiary/aromatic N) is 1. The highest BCUT2D eigenvalue weighted by molar-refractivity contribution is 6.80. The number of aromatic nitrogens is 1. The lowest BCUT2D eigenvalue weighted by molar-refractivity contribution is -0.135. The van der Waals surface area contributed by atoms with Crippen LogP contribution in [-0.2, 0) is 35.2 Å². The number of rotatable bonds is 9. The molecular weight excluding hydrogens is 330 g/mol. The molecule has 3 heterocycles. The molecule has 0 N–H and O–H groups in total. The summed E-state index contributed by atoms with van der Waals surface area (Å²) in [5.74, 6) is -0.290. The van der Waals surface area contributed by atoms with Gasteiger partial charge in [-0.2, -0.15) is 19.6 Å². The van der Waals surface area contributed by atoms with Crippen molar-refractivity contribution in [1.29, 1.82) is 0 Å². The lowest BCUT2D eigenvalue weighted by Gasteiger charge is -2.34. The van der Waals surface area contributed by atoms with E-state index < -0.39 is 19.1 Å². The van der Waals surface area contributed by atoms with Gasteiger partial charge < -0.3 is 4.43 Å². The number of carbonyl (C=O) groups excluding carboxylic acids is 1. The summed E-state index contributed by atoms with van der Waals surface area (Å²) in [5, 5.41) is 0. The van der Waals surface area contributed by atoms with Crippen molar-refractivity contribution in [2.24, 2.45) is 0 Å². The first-order chi connectivity index (χ1) is 11.6. The zero-order valence-electron chi connectivity index (χ0n) is 14.2. The fourth-order valence-electron chi connectivity index (χ4n) is 3.17. The topological polar surface area (TPSA) is 89.3 Å². The Morgan fingerprint density at radius 3 is 2.17 bits per heavy atom. The first kappa shape index (κ1) is 17.5. The molecule has 0 unspecified atom stereocenters. The van der Waals surface area contributed by atoms with Crippen LogP contribution in [0.3, 0.4) is 0 Å². The van der Waals surface area contributed by atoms with Crippen LogP contribution in [0.25, 0.3) is 0 Å². The smallest absolute Gasteiger partial charge is 0.391 e. The van der Waals surface area contributed by atoms with Gasteiger partial charge in [-0.1, -0.05) is 26.8 Å². The highest BCUT2D eigenvalue weighted by atomic mass is 28.4. The van der Waals surface area contributed by atoms with E-state index in [1.54, 1.807) is 13.1 Å². The minimum atomic E-state index is -3.07. The zero-order valence-corrected chi connectivity index (χ0v) is 15.2. The van der Waals surface area contributed by atoms with E-state index in [9.17, 15) is 4.79 Å². The summed E-state index contributed by atoms with van der Waals surface area (Å²) in [4.78, 5) is 38.1. The highest BCUT2D eigenvalue weighted by Crippen LogP contribution is 2.57. The summed E-state index contributed by atoms with van der Waals surface area (Å²) in [6.07, 6.45) is 3.78. The molecule has 2 saturated heterocycles. The Kier molecular flexibility index (Phi) is 4.76. The molecular formula is C16H23NO6Si. The Morgan fingerprint density at radius 2 is 1.75 bits per heavy atom. The Morgan fingerprint density at radius 1 is 1.12 bits per heavy atom. The van der Waals surface area contributed by atoms with Crippen LogP contribution in [0.2, 0.25) is 6.04 Å². The Balaban J connectivity index is 1.93. The van der Waals surface area contributed by atoms with Crippen LogP contribution in [0, 0.1) is 0 Å². The molecule has 0 spiro atoms. The lowest BCUT2D eigenvalue weighted by Crippen LogP contribution is -2.65. The van der Waals surface area contributed by atoms with Crippen molar-refractivity contribution >= 4 is 14.3 Å². The van der Waals surface area contributed by atoms with Crippen molar-refractivity contribution in [2.75, 3.05) is 0 Å². The molecule has 2 aliphatic heterocycles. The summed E-state index contributed by atoms with van der Waals surface area (Å²) in [6, 6.07) is 6.30. The van der Waals surface area contributed by atoms with Crippen LogP contribution in [0.5, 0.6) is 0 Å². The van der Waals surface area contributed by atoms with Gasteiger partial charge in [0.1, 0.15) is 0 Å². The number of pyridine rings is 1. The van der Waals surface area contributed by atoms with Crippen molar-refractivity contribution in [2.45, 2.75) is 63.3 Å². The van der Waals surface area contributed by atoms with Crippen LogP contribution < -0.4 is 0 Å². The summed E-state index contributed by atoms with van der Waals surface area (Å²) in [7, 11) is -3.07. The minimum Gasteiger partial charge on any atom is -0.507 e. The predicted molar refractivity (Wildman–Crippen MR) is 85.3 cm³/mol. The van der Waals surface area contributed by atoms with E-state index in [2.05, 4.69) is 4.98 Å². The molecule has 1 aromatic rings. The van der Waals surface area contributed by atoms with Gasteiger partial charge in [-0.05, 0) is 24.6 Å². The standard InChI is InChI=1S/C16H23NO6Si/c1-4-14(18)19-24(15(5-2)20-21-15,16(6-3)22-23-16)12-10-13-9-7-8-11-17-13/h7-9,11H,4-6,10,12H2,1-3H3. The second-order valence-corrected chi connectivity index (χ2v) is 9.90. The van der Waals surface area contributed by atoms with Gasteiger partial charge in [-0.3, -0.25) is 9.78 Å². The second-order valence-electron chi connectivity index (χ2n) is 6.02. The fourth-order valence-corrected chi connectivity index (χ4v) is 7.83. The first-order valence-corrected chi connectivity index (χ1v) is 10.5. The van der Waals surface area contributed by atoms with Crippen molar-refractivity contribution < 1.29 is 28.8 Å². The molecule has 8 heteroatoms. The average Bonchev–Trinajstić information content (AvgIpc) is 3.53. The molecule has 0 aromatic carbocycles. The van der Waals surface area contributed by atoms with E-state index in [0.717, 1.165) is 5.69 Å². The number of aryl methyl sites for hydroxylation is 1. The molecule has 7 nitrogen and oxygen atoms in total. The van der Waals surface area contributed by atoms with Gasteiger partial charge in [-0.25, -0.2) is 0 Å². The van der Waals surface area contributed by atoms with Crippen molar-refractivity contribution in [3.8, 4) is 0 Å². The van der Waals surface area contributed by atoms with Gasteiger partial charge >= 0.3 is 8.32 Å². The molecule has 132 valence electrons. The quantitative estimate of drug-likeness (QED) is 0.383. The molecule has 3 rings (SSSR count).